The Labute approximate surface area is 157 Å². The molecule has 0 radical (unpaired) electrons. The van der Waals surface area contributed by atoms with Gasteiger partial charge >= 0.3 is 6.03 Å². The highest BCUT2D eigenvalue weighted by atomic mass is 32.2. The Morgan fingerprint density at radius 2 is 2.11 bits per heavy atom. The molecule has 1 atom stereocenters. The Hall–Kier alpha value is -2.42. The SMILES string of the molecule is Cc1cc(-c2nc(C3CC3)no2)ccc1NC(=O)N1CCS(=O)(=O)C[C@@H]1C. The van der Waals surface area contributed by atoms with E-state index >= 15 is 0 Å². The lowest BCUT2D eigenvalue weighted by Crippen LogP contribution is -2.51. The van der Waals surface area contributed by atoms with Crippen LogP contribution in [0.3, 0.4) is 0 Å². The number of urea groups is 1. The van der Waals surface area contributed by atoms with Crippen molar-refractivity contribution in [3.05, 3.63) is 29.6 Å². The molecule has 9 heteroatoms. The molecule has 1 aromatic heterocycles. The zero-order valence-corrected chi connectivity index (χ0v) is 16.1. The van der Waals surface area contributed by atoms with Gasteiger partial charge in [-0.1, -0.05) is 5.16 Å². The third kappa shape index (κ3) is 3.83. The van der Waals surface area contributed by atoms with E-state index in [0.717, 1.165) is 29.8 Å². The molecule has 4 rings (SSSR count). The number of aromatic nitrogens is 2. The molecule has 2 aromatic rings. The van der Waals surface area contributed by atoms with Crippen molar-refractivity contribution < 1.29 is 17.7 Å². The first-order valence-electron chi connectivity index (χ1n) is 9.05. The van der Waals surface area contributed by atoms with E-state index in [1.54, 1.807) is 17.9 Å². The molecule has 1 N–H and O–H groups in total. The predicted octanol–water partition coefficient (Wildman–Crippen LogP) is 2.57. The Kier molecular flexibility index (Phi) is 4.41. The third-order valence-corrected chi connectivity index (χ3v) is 6.83. The molecule has 0 spiro atoms. The molecule has 1 saturated heterocycles. The Morgan fingerprint density at radius 1 is 1.33 bits per heavy atom. The molecule has 27 heavy (non-hydrogen) atoms. The van der Waals surface area contributed by atoms with Crippen LogP contribution in [0.25, 0.3) is 11.5 Å². The molecule has 0 bridgehead atoms. The number of hydrogen-bond acceptors (Lipinski definition) is 6. The van der Waals surface area contributed by atoms with Crippen molar-refractivity contribution in [2.45, 2.75) is 38.6 Å². The van der Waals surface area contributed by atoms with Gasteiger partial charge in [0.15, 0.2) is 15.7 Å². The molecule has 1 saturated carbocycles. The van der Waals surface area contributed by atoms with E-state index in [2.05, 4.69) is 15.5 Å². The van der Waals surface area contributed by atoms with Gasteiger partial charge in [0.1, 0.15) is 0 Å². The van der Waals surface area contributed by atoms with Gasteiger partial charge in [0.25, 0.3) is 5.89 Å². The first kappa shape index (κ1) is 18.0. The zero-order valence-electron chi connectivity index (χ0n) is 15.3. The summed E-state index contributed by atoms with van der Waals surface area (Å²) in [5.41, 5.74) is 2.35. The zero-order chi connectivity index (χ0) is 19.2. The number of nitrogens with zero attached hydrogens (tertiary/aromatic N) is 3. The van der Waals surface area contributed by atoms with Crippen LogP contribution in [0.4, 0.5) is 10.5 Å². The van der Waals surface area contributed by atoms with Crippen molar-refractivity contribution in [1.29, 1.82) is 0 Å². The van der Waals surface area contributed by atoms with Crippen molar-refractivity contribution in [1.82, 2.24) is 15.0 Å². The predicted molar refractivity (Wildman–Crippen MR) is 100 cm³/mol. The summed E-state index contributed by atoms with van der Waals surface area (Å²) >= 11 is 0. The molecule has 1 aromatic carbocycles. The maximum Gasteiger partial charge on any atom is 0.322 e. The normalized spacial score (nSPS) is 21.9. The molecule has 1 aliphatic carbocycles. The lowest BCUT2D eigenvalue weighted by Gasteiger charge is -2.33. The smallest absolute Gasteiger partial charge is 0.322 e. The number of rotatable bonds is 3. The van der Waals surface area contributed by atoms with Gasteiger partial charge in [0, 0.05) is 29.8 Å². The molecule has 0 unspecified atom stereocenters. The molecular weight excluding hydrogens is 368 g/mol. The maximum atomic E-state index is 12.6. The van der Waals surface area contributed by atoms with Crippen molar-refractivity contribution >= 4 is 21.6 Å². The van der Waals surface area contributed by atoms with Gasteiger partial charge in [-0.3, -0.25) is 0 Å². The van der Waals surface area contributed by atoms with Crippen LogP contribution in [0.15, 0.2) is 22.7 Å². The van der Waals surface area contributed by atoms with Gasteiger partial charge in [-0.2, -0.15) is 4.98 Å². The van der Waals surface area contributed by atoms with E-state index in [9.17, 15) is 13.2 Å². The standard InChI is InChI=1S/C18H22N4O4S/c1-11-9-14(17-20-16(21-26-17)13-3-4-13)5-6-15(11)19-18(23)22-7-8-27(24,25)10-12(22)2/h5-6,9,12-13H,3-4,7-8,10H2,1-2H3,(H,19,23)/t12-/m0/s1. The number of amides is 2. The van der Waals surface area contributed by atoms with E-state index in [1.807, 2.05) is 19.1 Å². The van der Waals surface area contributed by atoms with Crippen LogP contribution < -0.4 is 5.32 Å². The van der Waals surface area contributed by atoms with Gasteiger partial charge < -0.3 is 14.7 Å². The summed E-state index contributed by atoms with van der Waals surface area (Å²) < 4.78 is 28.7. The highest BCUT2D eigenvalue weighted by molar-refractivity contribution is 7.91. The minimum absolute atomic E-state index is 0.00116. The minimum Gasteiger partial charge on any atom is -0.334 e. The lowest BCUT2D eigenvalue weighted by molar-refractivity contribution is 0.199. The highest BCUT2D eigenvalue weighted by Gasteiger charge is 2.31. The summed E-state index contributed by atoms with van der Waals surface area (Å²) in [6, 6.07) is 4.89. The van der Waals surface area contributed by atoms with Gasteiger partial charge in [-0.05, 0) is 50.5 Å². The second-order valence-electron chi connectivity index (χ2n) is 7.35. The maximum absolute atomic E-state index is 12.6. The topological polar surface area (TPSA) is 105 Å². The van der Waals surface area contributed by atoms with Crippen LogP contribution in [0.1, 0.15) is 37.1 Å². The quantitative estimate of drug-likeness (QED) is 0.863. The largest absolute Gasteiger partial charge is 0.334 e. The van der Waals surface area contributed by atoms with E-state index in [1.165, 1.54) is 0 Å². The fourth-order valence-electron chi connectivity index (χ4n) is 3.28. The summed E-state index contributed by atoms with van der Waals surface area (Å²) in [4.78, 5) is 18.6. The fourth-order valence-corrected chi connectivity index (χ4v) is 4.84. The van der Waals surface area contributed by atoms with E-state index in [0.29, 0.717) is 17.5 Å². The fraction of sp³-hybridized carbons (Fsp3) is 0.500. The summed E-state index contributed by atoms with van der Waals surface area (Å²) in [6.45, 7) is 3.85. The Morgan fingerprint density at radius 3 is 2.78 bits per heavy atom. The van der Waals surface area contributed by atoms with E-state index < -0.39 is 9.84 Å². The number of carbonyl (C=O) groups is 1. The first-order valence-corrected chi connectivity index (χ1v) is 10.9. The molecule has 1 aliphatic heterocycles. The number of nitrogens with one attached hydrogen (secondary N) is 1. The first-order chi connectivity index (χ1) is 12.8. The average molecular weight is 390 g/mol. The molecule has 8 nitrogen and oxygen atoms in total. The molecule has 2 fully saturated rings. The number of sulfone groups is 1. The summed E-state index contributed by atoms with van der Waals surface area (Å²) in [5.74, 6) is 1.67. The summed E-state index contributed by atoms with van der Waals surface area (Å²) in [5, 5.41) is 6.90. The van der Waals surface area contributed by atoms with Crippen molar-refractivity contribution in [2.24, 2.45) is 0 Å². The molecule has 2 amide bonds. The van der Waals surface area contributed by atoms with Crippen LogP contribution in [0.5, 0.6) is 0 Å². The number of anilines is 1. The summed E-state index contributed by atoms with van der Waals surface area (Å²) in [6.07, 6.45) is 2.22. The van der Waals surface area contributed by atoms with Crippen molar-refractivity contribution in [3.8, 4) is 11.5 Å². The Bertz CT molecular complexity index is 981. The third-order valence-electron chi connectivity index (χ3n) is 5.03. The van der Waals surface area contributed by atoms with Gasteiger partial charge in [0.2, 0.25) is 0 Å². The highest BCUT2D eigenvalue weighted by Crippen LogP contribution is 2.39. The number of hydrogen-bond donors (Lipinski definition) is 1. The van der Waals surface area contributed by atoms with Crippen LogP contribution in [0, 0.1) is 6.92 Å². The van der Waals surface area contributed by atoms with Crippen molar-refractivity contribution in [3.63, 3.8) is 0 Å². The van der Waals surface area contributed by atoms with Crippen LogP contribution in [-0.4, -0.2) is 53.6 Å². The van der Waals surface area contributed by atoms with Gasteiger partial charge in [0.05, 0.1) is 11.5 Å². The van der Waals surface area contributed by atoms with Crippen LogP contribution in [0.2, 0.25) is 0 Å². The molecule has 144 valence electrons. The monoisotopic (exact) mass is 390 g/mol. The number of carbonyl (C=O) groups excluding carboxylic acids is 1. The van der Waals surface area contributed by atoms with Crippen LogP contribution >= 0.6 is 0 Å². The van der Waals surface area contributed by atoms with Gasteiger partial charge in [-0.25, -0.2) is 13.2 Å². The lowest BCUT2D eigenvalue weighted by atomic mass is 10.1. The molecule has 2 aliphatic rings. The number of benzene rings is 1. The Balaban J connectivity index is 1.47. The minimum atomic E-state index is -3.06. The van der Waals surface area contributed by atoms with E-state index in [4.69, 9.17) is 4.52 Å². The molecule has 2 heterocycles. The van der Waals surface area contributed by atoms with E-state index in [-0.39, 0.29) is 30.1 Å². The second-order valence-corrected chi connectivity index (χ2v) is 9.58. The number of aryl methyl sites for hydroxylation is 1. The summed E-state index contributed by atoms with van der Waals surface area (Å²) in [7, 11) is -3.06. The molecular formula is C18H22N4O4S. The second kappa shape index (κ2) is 6.63. The average Bonchev–Trinajstić information content (AvgIpc) is 3.33. The van der Waals surface area contributed by atoms with Gasteiger partial charge in [-0.15, -0.1) is 0 Å². The van der Waals surface area contributed by atoms with Crippen molar-refractivity contribution in [2.75, 3.05) is 23.4 Å². The van der Waals surface area contributed by atoms with Crippen LogP contribution in [-0.2, 0) is 9.84 Å².